The zero-order chi connectivity index (χ0) is 15.5. The number of aliphatic hydroxyl groups is 1. The summed E-state index contributed by atoms with van der Waals surface area (Å²) in [7, 11) is 0. The predicted molar refractivity (Wildman–Crippen MR) is 76.4 cm³/mol. The Hall–Kier alpha value is -2.28. The number of nitrogens with zero attached hydrogens (tertiary/aromatic N) is 3. The number of carbonyl (C=O) groups is 1. The average Bonchev–Trinajstić information content (AvgIpc) is 3.11. The summed E-state index contributed by atoms with van der Waals surface area (Å²) >= 11 is 0. The van der Waals surface area contributed by atoms with E-state index in [4.69, 9.17) is 0 Å². The first-order valence-electron chi connectivity index (χ1n) is 7.18. The van der Waals surface area contributed by atoms with Crippen LogP contribution in [0.4, 0.5) is 4.39 Å². The molecule has 1 amide bonds. The summed E-state index contributed by atoms with van der Waals surface area (Å²) in [4.78, 5) is 19.8. The van der Waals surface area contributed by atoms with Crippen LogP contribution in [-0.2, 0) is 6.54 Å². The van der Waals surface area contributed by atoms with Gasteiger partial charge in [0.1, 0.15) is 11.5 Å². The summed E-state index contributed by atoms with van der Waals surface area (Å²) in [6.45, 7) is 0.762. The second-order valence-electron chi connectivity index (χ2n) is 5.61. The Balaban J connectivity index is 1.58. The van der Waals surface area contributed by atoms with E-state index in [-0.39, 0.29) is 17.7 Å². The molecule has 1 aliphatic carbocycles. The zero-order valence-electron chi connectivity index (χ0n) is 11.9. The van der Waals surface area contributed by atoms with E-state index in [0.717, 1.165) is 12.7 Å². The molecule has 116 valence electrons. The lowest BCUT2D eigenvalue weighted by atomic mass is 10.1. The SMILES string of the molecule is O=C(N[C@@H]1CC(Cn2ccnc2)C[C@H]1O)c1ccc(F)cn1. The van der Waals surface area contributed by atoms with Crippen LogP contribution in [0.25, 0.3) is 0 Å². The number of pyridine rings is 1. The van der Waals surface area contributed by atoms with Gasteiger partial charge in [0.2, 0.25) is 0 Å². The molecule has 0 aromatic carbocycles. The molecule has 1 fully saturated rings. The molecule has 2 aromatic rings. The van der Waals surface area contributed by atoms with Gasteiger partial charge in [0.15, 0.2) is 0 Å². The van der Waals surface area contributed by atoms with E-state index < -0.39 is 17.8 Å². The maximum absolute atomic E-state index is 12.8. The molecule has 22 heavy (non-hydrogen) atoms. The highest BCUT2D eigenvalue weighted by Crippen LogP contribution is 2.27. The second-order valence-corrected chi connectivity index (χ2v) is 5.61. The van der Waals surface area contributed by atoms with E-state index in [1.54, 1.807) is 12.5 Å². The normalized spacial score (nSPS) is 24.4. The third-order valence-electron chi connectivity index (χ3n) is 3.93. The van der Waals surface area contributed by atoms with Crippen LogP contribution in [0, 0.1) is 11.7 Å². The van der Waals surface area contributed by atoms with Gasteiger partial charge in [-0.1, -0.05) is 0 Å². The van der Waals surface area contributed by atoms with Gasteiger partial charge >= 0.3 is 0 Å². The summed E-state index contributed by atoms with van der Waals surface area (Å²) < 4.78 is 14.8. The maximum Gasteiger partial charge on any atom is 0.270 e. The third kappa shape index (κ3) is 3.30. The highest BCUT2D eigenvalue weighted by atomic mass is 19.1. The van der Waals surface area contributed by atoms with E-state index in [1.165, 1.54) is 12.1 Å². The minimum absolute atomic E-state index is 0.145. The lowest BCUT2D eigenvalue weighted by Gasteiger charge is -2.16. The molecule has 0 aliphatic heterocycles. The fourth-order valence-electron chi connectivity index (χ4n) is 2.87. The molecule has 6 nitrogen and oxygen atoms in total. The van der Waals surface area contributed by atoms with Crippen molar-refractivity contribution in [3.63, 3.8) is 0 Å². The van der Waals surface area contributed by atoms with Gasteiger partial charge in [0, 0.05) is 18.9 Å². The van der Waals surface area contributed by atoms with Crippen LogP contribution in [0.5, 0.6) is 0 Å². The molecule has 2 aromatic heterocycles. The van der Waals surface area contributed by atoms with E-state index in [2.05, 4.69) is 15.3 Å². The van der Waals surface area contributed by atoms with E-state index >= 15 is 0 Å². The van der Waals surface area contributed by atoms with Gasteiger partial charge in [-0.15, -0.1) is 0 Å². The van der Waals surface area contributed by atoms with Crippen LogP contribution in [0.3, 0.4) is 0 Å². The summed E-state index contributed by atoms with van der Waals surface area (Å²) in [5.74, 6) is -0.610. The Kier molecular flexibility index (Phi) is 4.15. The molecule has 0 radical (unpaired) electrons. The number of hydrogen-bond acceptors (Lipinski definition) is 4. The van der Waals surface area contributed by atoms with Crippen molar-refractivity contribution in [2.24, 2.45) is 5.92 Å². The molecule has 1 aliphatic rings. The van der Waals surface area contributed by atoms with Gasteiger partial charge in [0.25, 0.3) is 5.91 Å². The van der Waals surface area contributed by atoms with Crippen LogP contribution in [-0.4, -0.2) is 37.7 Å². The van der Waals surface area contributed by atoms with Gasteiger partial charge in [-0.25, -0.2) is 14.4 Å². The monoisotopic (exact) mass is 304 g/mol. The van der Waals surface area contributed by atoms with Gasteiger partial charge in [-0.05, 0) is 30.9 Å². The van der Waals surface area contributed by atoms with Gasteiger partial charge in [0.05, 0.1) is 24.7 Å². The van der Waals surface area contributed by atoms with Crippen LogP contribution in [0.1, 0.15) is 23.3 Å². The number of carbonyl (C=O) groups excluding carboxylic acids is 1. The van der Waals surface area contributed by atoms with Crippen LogP contribution < -0.4 is 5.32 Å². The van der Waals surface area contributed by atoms with Crippen LogP contribution in [0.15, 0.2) is 37.1 Å². The van der Waals surface area contributed by atoms with Gasteiger partial charge < -0.3 is 15.0 Å². The third-order valence-corrected chi connectivity index (χ3v) is 3.93. The number of aromatic nitrogens is 3. The first-order valence-corrected chi connectivity index (χ1v) is 7.18. The Morgan fingerprint density at radius 1 is 1.45 bits per heavy atom. The Labute approximate surface area is 127 Å². The molecular weight excluding hydrogens is 287 g/mol. The number of aliphatic hydroxyl groups excluding tert-OH is 1. The zero-order valence-corrected chi connectivity index (χ0v) is 11.9. The quantitative estimate of drug-likeness (QED) is 0.882. The van der Waals surface area contributed by atoms with E-state index in [0.29, 0.717) is 12.8 Å². The molecular formula is C15H17FN4O2. The number of hydrogen-bond donors (Lipinski definition) is 2. The van der Waals surface area contributed by atoms with Crippen LogP contribution >= 0.6 is 0 Å². The first-order chi connectivity index (χ1) is 10.6. The number of rotatable bonds is 4. The van der Waals surface area contributed by atoms with E-state index in [1.807, 2.05) is 10.8 Å². The average molecular weight is 304 g/mol. The smallest absolute Gasteiger partial charge is 0.270 e. The maximum atomic E-state index is 12.8. The van der Waals surface area contributed by atoms with Gasteiger partial charge in [-0.2, -0.15) is 0 Å². The van der Waals surface area contributed by atoms with Gasteiger partial charge in [-0.3, -0.25) is 4.79 Å². The van der Waals surface area contributed by atoms with Crippen molar-refractivity contribution in [2.75, 3.05) is 0 Å². The lowest BCUT2D eigenvalue weighted by molar-refractivity contribution is 0.0868. The van der Waals surface area contributed by atoms with Crippen LogP contribution in [0.2, 0.25) is 0 Å². The largest absolute Gasteiger partial charge is 0.391 e. The summed E-state index contributed by atoms with van der Waals surface area (Å²) in [6, 6.07) is 2.21. The molecule has 7 heteroatoms. The summed E-state index contributed by atoms with van der Waals surface area (Å²) in [5.41, 5.74) is 0.145. The highest BCUT2D eigenvalue weighted by molar-refractivity contribution is 5.92. The molecule has 3 atom stereocenters. The number of halogens is 1. The molecule has 3 rings (SSSR count). The number of nitrogens with one attached hydrogen (secondary N) is 1. The van der Waals surface area contributed by atoms with Crippen molar-refractivity contribution in [3.05, 3.63) is 48.6 Å². The van der Waals surface area contributed by atoms with Crippen molar-refractivity contribution in [2.45, 2.75) is 31.5 Å². The van der Waals surface area contributed by atoms with Crippen molar-refractivity contribution >= 4 is 5.91 Å². The second kappa shape index (κ2) is 6.23. The van der Waals surface area contributed by atoms with Crippen molar-refractivity contribution in [1.29, 1.82) is 0 Å². The summed E-state index contributed by atoms with van der Waals surface area (Å²) in [6.07, 6.45) is 7.05. The highest BCUT2D eigenvalue weighted by Gasteiger charge is 2.34. The predicted octanol–water partition coefficient (Wildman–Crippen LogP) is 0.987. The molecule has 2 heterocycles. The minimum atomic E-state index is -0.585. The lowest BCUT2D eigenvalue weighted by Crippen LogP contribution is -2.40. The fraction of sp³-hybridized carbons (Fsp3) is 0.400. The number of imidazole rings is 1. The molecule has 0 spiro atoms. The Morgan fingerprint density at radius 3 is 3.00 bits per heavy atom. The summed E-state index contributed by atoms with van der Waals surface area (Å²) in [5, 5.41) is 12.9. The van der Waals surface area contributed by atoms with E-state index in [9.17, 15) is 14.3 Å². The Morgan fingerprint density at radius 2 is 2.32 bits per heavy atom. The molecule has 2 N–H and O–H groups in total. The molecule has 1 saturated carbocycles. The Bertz CT molecular complexity index is 630. The fourth-order valence-corrected chi connectivity index (χ4v) is 2.87. The topological polar surface area (TPSA) is 80.0 Å². The van der Waals surface area contributed by atoms with Crippen molar-refractivity contribution in [3.8, 4) is 0 Å². The minimum Gasteiger partial charge on any atom is -0.391 e. The molecule has 1 unspecified atom stereocenters. The standard InChI is InChI=1S/C15H17FN4O2/c16-11-1-2-12(18-7-11)15(22)19-13-5-10(6-14(13)21)8-20-4-3-17-9-20/h1-4,7,9-10,13-14,21H,5-6,8H2,(H,19,22)/t10?,13-,14-/m1/s1. The first kappa shape index (κ1) is 14.6. The van der Waals surface area contributed by atoms with Crippen molar-refractivity contribution < 1.29 is 14.3 Å². The number of amides is 1. The molecule has 0 saturated heterocycles. The molecule has 0 bridgehead atoms. The van der Waals surface area contributed by atoms with Crippen molar-refractivity contribution in [1.82, 2.24) is 19.9 Å².